The predicted octanol–water partition coefficient (Wildman–Crippen LogP) is 3.31. The molecule has 0 aliphatic heterocycles. The molecule has 162 valence electrons. The summed E-state index contributed by atoms with van der Waals surface area (Å²) in [6, 6.07) is 12.4. The number of aliphatic hydroxyl groups excluding tert-OH is 1. The number of aliphatic hydroxyl groups is 1. The second-order valence-electron chi connectivity index (χ2n) is 7.11. The van der Waals surface area contributed by atoms with Crippen molar-refractivity contribution < 1.29 is 14.8 Å². The first kappa shape index (κ1) is 21.8. The van der Waals surface area contributed by atoms with Crippen molar-refractivity contribution in [1.82, 2.24) is 20.2 Å². The van der Waals surface area contributed by atoms with Crippen LogP contribution in [0, 0.1) is 14.9 Å². The number of allylic oxidation sites excluding steroid dienone is 1. The summed E-state index contributed by atoms with van der Waals surface area (Å²) < 4.78 is 7.57. The van der Waals surface area contributed by atoms with Crippen molar-refractivity contribution in [1.29, 1.82) is 0 Å². The Bertz CT molecular complexity index is 1190. The van der Waals surface area contributed by atoms with Crippen molar-refractivity contribution in [3.8, 4) is 11.4 Å². The van der Waals surface area contributed by atoms with Crippen LogP contribution in [-0.4, -0.2) is 37.0 Å². The van der Waals surface area contributed by atoms with Gasteiger partial charge in [-0.05, 0) is 55.9 Å². The van der Waals surface area contributed by atoms with Crippen molar-refractivity contribution in [3.05, 3.63) is 74.9 Å². The highest BCUT2D eigenvalue weighted by Gasteiger charge is 2.30. The van der Waals surface area contributed by atoms with Gasteiger partial charge in [-0.25, -0.2) is 4.68 Å². The molecule has 1 heterocycles. The maximum absolute atomic E-state index is 10.7. The number of benzene rings is 2. The third-order valence-corrected chi connectivity index (χ3v) is 4.92. The molecular formula is C19H21N7O4S. The van der Waals surface area contributed by atoms with Crippen LogP contribution in [0.4, 0.5) is 11.4 Å². The number of anilines is 2. The molecule has 0 aliphatic carbocycles. The molecule has 0 radical (unpaired) electrons. The van der Waals surface area contributed by atoms with Crippen LogP contribution in [0.25, 0.3) is 5.69 Å². The highest BCUT2D eigenvalue weighted by atomic mass is 32.1. The summed E-state index contributed by atoms with van der Waals surface area (Å²) >= 11 is 5.10. The van der Waals surface area contributed by atoms with Gasteiger partial charge in [0.2, 0.25) is 4.77 Å². The van der Waals surface area contributed by atoms with E-state index >= 15 is 0 Å². The summed E-state index contributed by atoms with van der Waals surface area (Å²) in [5.74, 6) is 0.102. The largest absolute Gasteiger partial charge is 0.506 e. The Hall–Kier alpha value is -3.93. The van der Waals surface area contributed by atoms with Gasteiger partial charge in [-0.1, -0.05) is 22.4 Å². The quantitative estimate of drug-likeness (QED) is 0.102. The van der Waals surface area contributed by atoms with Crippen LogP contribution < -0.4 is 15.8 Å². The predicted molar refractivity (Wildman–Crippen MR) is 117 cm³/mol. The molecule has 0 saturated carbocycles. The van der Waals surface area contributed by atoms with Gasteiger partial charge in [0, 0.05) is 17.4 Å². The second kappa shape index (κ2) is 8.83. The number of H-pyrrole nitrogens is 1. The molecule has 1 aromatic heterocycles. The lowest BCUT2D eigenvalue weighted by molar-refractivity contribution is -0.405. The molecule has 0 unspecified atom stereocenters. The number of nitro groups is 1. The summed E-state index contributed by atoms with van der Waals surface area (Å²) in [4.78, 5) is 9.96. The molecule has 2 aromatic carbocycles. The standard InChI is InChI=1S/C19H21N7O4S/c1-19(2,17(27)10-25(28)29)15-7-6-14(9-16(15)20)30-11-21-12-4-3-5-13(8-12)26-18(31)22-23-24-26/h3-10,21,27H,11,20H2,1-2H3,(H,22,24,31)/b17-10-. The number of hydrogen-bond acceptors (Lipinski definition) is 9. The molecule has 31 heavy (non-hydrogen) atoms. The molecular weight excluding hydrogens is 422 g/mol. The van der Waals surface area contributed by atoms with Crippen LogP contribution >= 0.6 is 12.2 Å². The zero-order valence-corrected chi connectivity index (χ0v) is 17.6. The zero-order chi connectivity index (χ0) is 22.6. The highest BCUT2D eigenvalue weighted by Crippen LogP contribution is 2.35. The molecule has 0 amide bonds. The third kappa shape index (κ3) is 4.98. The molecule has 0 aliphatic rings. The molecule has 0 fully saturated rings. The van der Waals surface area contributed by atoms with Crippen molar-refractivity contribution in [2.45, 2.75) is 19.3 Å². The van der Waals surface area contributed by atoms with Gasteiger partial charge in [-0.15, -0.1) is 0 Å². The highest BCUT2D eigenvalue weighted by molar-refractivity contribution is 7.71. The number of hydrogen-bond donors (Lipinski definition) is 4. The Morgan fingerprint density at radius 1 is 1.42 bits per heavy atom. The Balaban J connectivity index is 1.67. The van der Waals surface area contributed by atoms with Crippen LogP contribution in [0.2, 0.25) is 0 Å². The Labute approximate surface area is 182 Å². The van der Waals surface area contributed by atoms with E-state index in [1.165, 1.54) is 0 Å². The molecule has 0 saturated heterocycles. The van der Waals surface area contributed by atoms with E-state index in [4.69, 9.17) is 22.7 Å². The van der Waals surface area contributed by atoms with Gasteiger partial charge >= 0.3 is 0 Å². The number of nitrogens with zero attached hydrogens (tertiary/aromatic N) is 4. The summed E-state index contributed by atoms with van der Waals surface area (Å²) in [5, 5.41) is 34.0. The van der Waals surface area contributed by atoms with E-state index in [1.807, 2.05) is 24.3 Å². The van der Waals surface area contributed by atoms with E-state index in [9.17, 15) is 15.2 Å². The molecule has 12 heteroatoms. The number of ether oxygens (including phenoxy) is 1. The van der Waals surface area contributed by atoms with E-state index in [-0.39, 0.29) is 6.73 Å². The van der Waals surface area contributed by atoms with Crippen LogP contribution in [-0.2, 0) is 5.41 Å². The fourth-order valence-electron chi connectivity index (χ4n) is 2.92. The Kier molecular flexibility index (Phi) is 6.20. The number of rotatable bonds is 8. The zero-order valence-electron chi connectivity index (χ0n) is 16.8. The normalized spacial score (nSPS) is 11.9. The smallest absolute Gasteiger partial charge is 0.272 e. The SMILES string of the molecule is CC(C)(/C(O)=C/[N+](=O)[O-])c1ccc(OCNc2cccc(-n3[nH]nnc3=S)c2)cc1N. The lowest BCUT2D eigenvalue weighted by atomic mass is 9.82. The molecule has 0 spiro atoms. The Morgan fingerprint density at radius 2 is 2.19 bits per heavy atom. The van der Waals surface area contributed by atoms with Gasteiger partial charge in [0.25, 0.3) is 6.20 Å². The second-order valence-corrected chi connectivity index (χ2v) is 7.47. The van der Waals surface area contributed by atoms with Crippen molar-refractivity contribution in [3.63, 3.8) is 0 Å². The van der Waals surface area contributed by atoms with Crippen LogP contribution in [0.15, 0.2) is 54.4 Å². The first-order chi connectivity index (χ1) is 14.7. The van der Waals surface area contributed by atoms with Gasteiger partial charge < -0.3 is 20.9 Å². The van der Waals surface area contributed by atoms with Gasteiger partial charge in [-0.3, -0.25) is 10.1 Å². The molecule has 11 nitrogen and oxygen atoms in total. The van der Waals surface area contributed by atoms with E-state index in [2.05, 4.69) is 20.8 Å². The number of nitrogens with two attached hydrogens (primary N) is 1. The minimum atomic E-state index is -1.03. The van der Waals surface area contributed by atoms with E-state index in [0.29, 0.717) is 28.0 Å². The van der Waals surface area contributed by atoms with Crippen LogP contribution in [0.3, 0.4) is 0 Å². The van der Waals surface area contributed by atoms with Crippen LogP contribution in [0.1, 0.15) is 19.4 Å². The average Bonchev–Trinajstić information content (AvgIpc) is 3.13. The van der Waals surface area contributed by atoms with Gasteiger partial charge in [0.1, 0.15) is 5.75 Å². The van der Waals surface area contributed by atoms with E-state index < -0.39 is 16.1 Å². The van der Waals surface area contributed by atoms with Crippen LogP contribution in [0.5, 0.6) is 5.75 Å². The summed E-state index contributed by atoms with van der Waals surface area (Å²) in [5.41, 5.74) is 7.51. The number of aromatic nitrogens is 4. The van der Waals surface area contributed by atoms with E-state index in [0.717, 1.165) is 11.4 Å². The maximum atomic E-state index is 10.7. The van der Waals surface area contributed by atoms with E-state index in [1.54, 1.807) is 36.7 Å². The first-order valence-electron chi connectivity index (χ1n) is 9.10. The topological polar surface area (TPSA) is 157 Å². The third-order valence-electron chi connectivity index (χ3n) is 4.66. The minimum Gasteiger partial charge on any atom is -0.506 e. The molecule has 3 aromatic rings. The summed E-state index contributed by atoms with van der Waals surface area (Å²) in [6.07, 6.45) is 0.564. The van der Waals surface area contributed by atoms with Gasteiger partial charge in [0.15, 0.2) is 12.5 Å². The maximum Gasteiger partial charge on any atom is 0.272 e. The van der Waals surface area contributed by atoms with Gasteiger partial charge in [0.05, 0.1) is 16.0 Å². The van der Waals surface area contributed by atoms with Crippen molar-refractivity contribution in [2.24, 2.45) is 0 Å². The number of nitrogen functional groups attached to an aromatic ring is 1. The lowest BCUT2D eigenvalue weighted by Gasteiger charge is -2.25. The lowest BCUT2D eigenvalue weighted by Crippen LogP contribution is -2.23. The first-order valence-corrected chi connectivity index (χ1v) is 9.51. The minimum absolute atomic E-state index is 0.157. The summed E-state index contributed by atoms with van der Waals surface area (Å²) in [7, 11) is 0. The number of nitrogens with one attached hydrogen (secondary N) is 2. The summed E-state index contributed by atoms with van der Waals surface area (Å²) in [6.45, 7) is 3.44. The molecule has 0 bridgehead atoms. The molecule has 5 N–H and O–H groups in total. The Morgan fingerprint density at radius 3 is 2.84 bits per heavy atom. The molecule has 3 rings (SSSR count). The average molecular weight is 443 g/mol. The monoisotopic (exact) mass is 443 g/mol. The fourth-order valence-corrected chi connectivity index (χ4v) is 3.11. The number of tetrazole rings is 1. The number of aromatic amines is 1. The van der Waals surface area contributed by atoms with Gasteiger partial charge in [-0.2, -0.15) is 5.21 Å². The molecule has 0 atom stereocenters. The van der Waals surface area contributed by atoms with Crippen molar-refractivity contribution >= 4 is 23.6 Å². The fraction of sp³-hybridized carbons (Fsp3) is 0.211. The van der Waals surface area contributed by atoms with Crippen molar-refractivity contribution in [2.75, 3.05) is 17.8 Å².